The third-order valence-corrected chi connectivity index (χ3v) is 4.67. The van der Waals surface area contributed by atoms with Crippen molar-refractivity contribution in [2.45, 2.75) is 44.3 Å². The van der Waals surface area contributed by atoms with E-state index in [1.165, 1.54) is 30.5 Å². The SMILES string of the molecule is Fc1ccc([C@@H]2CCCN2Cc2cncn2C2CC2)cc1. The third-order valence-electron chi connectivity index (χ3n) is 4.67. The Balaban J connectivity index is 1.53. The molecule has 1 aromatic heterocycles. The van der Waals surface area contributed by atoms with E-state index in [0.717, 1.165) is 19.5 Å². The fraction of sp³-hybridized carbons (Fsp3) is 0.471. The Bertz CT molecular complexity index is 615. The Labute approximate surface area is 124 Å². The maximum Gasteiger partial charge on any atom is 0.123 e. The first-order valence-electron chi connectivity index (χ1n) is 7.81. The average molecular weight is 285 g/mol. The molecule has 1 saturated carbocycles. The quantitative estimate of drug-likeness (QED) is 0.854. The van der Waals surface area contributed by atoms with E-state index < -0.39 is 0 Å². The highest BCUT2D eigenvalue weighted by atomic mass is 19.1. The van der Waals surface area contributed by atoms with Gasteiger partial charge in [0, 0.05) is 24.8 Å². The van der Waals surface area contributed by atoms with Crippen molar-refractivity contribution in [3.05, 3.63) is 53.9 Å². The molecule has 3 nitrogen and oxygen atoms in total. The molecule has 1 saturated heterocycles. The zero-order valence-corrected chi connectivity index (χ0v) is 12.1. The Hall–Kier alpha value is -1.68. The molecule has 0 bridgehead atoms. The highest BCUT2D eigenvalue weighted by molar-refractivity contribution is 5.21. The summed E-state index contributed by atoms with van der Waals surface area (Å²) in [5.74, 6) is -0.157. The van der Waals surface area contributed by atoms with Gasteiger partial charge >= 0.3 is 0 Å². The minimum atomic E-state index is -0.157. The van der Waals surface area contributed by atoms with Gasteiger partial charge in [0.25, 0.3) is 0 Å². The van der Waals surface area contributed by atoms with Gasteiger partial charge in [-0.2, -0.15) is 0 Å². The van der Waals surface area contributed by atoms with Crippen LogP contribution in [0.3, 0.4) is 0 Å². The number of likely N-dealkylation sites (tertiary alicyclic amines) is 1. The summed E-state index contributed by atoms with van der Waals surface area (Å²) in [5, 5.41) is 0. The van der Waals surface area contributed by atoms with E-state index in [2.05, 4.69) is 14.5 Å². The minimum absolute atomic E-state index is 0.157. The molecule has 0 N–H and O–H groups in total. The highest BCUT2D eigenvalue weighted by Crippen LogP contribution is 2.37. The van der Waals surface area contributed by atoms with Gasteiger partial charge in [-0.1, -0.05) is 12.1 Å². The summed E-state index contributed by atoms with van der Waals surface area (Å²) in [5.41, 5.74) is 2.54. The standard InChI is InChI=1S/C17H20FN3/c18-14-5-3-13(4-6-14)17-2-1-9-20(17)11-16-10-19-12-21(16)15-7-8-15/h3-6,10,12,15,17H,1-2,7-9,11H2/t17-/m0/s1. The lowest BCUT2D eigenvalue weighted by atomic mass is 10.0. The predicted octanol–water partition coefficient (Wildman–Crippen LogP) is 3.69. The van der Waals surface area contributed by atoms with E-state index in [0.29, 0.717) is 12.1 Å². The number of nitrogens with zero attached hydrogens (tertiary/aromatic N) is 3. The first kappa shape index (κ1) is 13.0. The van der Waals surface area contributed by atoms with Gasteiger partial charge in [-0.05, 0) is 49.9 Å². The van der Waals surface area contributed by atoms with Crippen molar-refractivity contribution >= 4 is 0 Å². The smallest absolute Gasteiger partial charge is 0.123 e. The van der Waals surface area contributed by atoms with Gasteiger partial charge in [0.2, 0.25) is 0 Å². The number of hydrogen-bond acceptors (Lipinski definition) is 2. The number of benzene rings is 1. The molecule has 0 unspecified atom stereocenters. The van der Waals surface area contributed by atoms with Gasteiger partial charge in [-0.3, -0.25) is 4.90 Å². The summed E-state index contributed by atoms with van der Waals surface area (Å²) < 4.78 is 15.4. The van der Waals surface area contributed by atoms with Crippen LogP contribution in [-0.4, -0.2) is 21.0 Å². The molecule has 1 aliphatic heterocycles. The van der Waals surface area contributed by atoms with E-state index in [4.69, 9.17) is 0 Å². The van der Waals surface area contributed by atoms with Crippen LogP contribution in [0.15, 0.2) is 36.8 Å². The van der Waals surface area contributed by atoms with E-state index in [1.54, 1.807) is 12.1 Å². The van der Waals surface area contributed by atoms with Gasteiger partial charge < -0.3 is 4.57 Å². The van der Waals surface area contributed by atoms with Crippen molar-refractivity contribution in [1.82, 2.24) is 14.5 Å². The van der Waals surface area contributed by atoms with Gasteiger partial charge in [-0.15, -0.1) is 0 Å². The Morgan fingerprint density at radius 3 is 2.71 bits per heavy atom. The molecule has 0 radical (unpaired) electrons. The average Bonchev–Trinajstić information content (AvgIpc) is 3.06. The van der Waals surface area contributed by atoms with E-state index >= 15 is 0 Å². The molecule has 110 valence electrons. The van der Waals surface area contributed by atoms with Crippen molar-refractivity contribution in [2.24, 2.45) is 0 Å². The molecule has 4 rings (SSSR count). The second-order valence-electron chi connectivity index (χ2n) is 6.20. The molecule has 1 aromatic carbocycles. The molecule has 2 aromatic rings. The lowest BCUT2D eigenvalue weighted by Gasteiger charge is -2.25. The maximum absolute atomic E-state index is 13.1. The normalized spacial score (nSPS) is 22.8. The van der Waals surface area contributed by atoms with Crippen molar-refractivity contribution in [3.8, 4) is 0 Å². The molecule has 1 aliphatic carbocycles. The third kappa shape index (κ3) is 2.60. The monoisotopic (exact) mass is 285 g/mol. The molecule has 21 heavy (non-hydrogen) atoms. The topological polar surface area (TPSA) is 21.1 Å². The van der Waals surface area contributed by atoms with Crippen molar-refractivity contribution in [2.75, 3.05) is 6.54 Å². The van der Waals surface area contributed by atoms with Gasteiger partial charge in [0.05, 0.1) is 12.0 Å². The minimum Gasteiger partial charge on any atom is -0.330 e. The van der Waals surface area contributed by atoms with Crippen LogP contribution in [-0.2, 0) is 6.54 Å². The Kier molecular flexibility index (Phi) is 3.26. The molecule has 2 fully saturated rings. The summed E-state index contributed by atoms with van der Waals surface area (Å²) in [7, 11) is 0. The van der Waals surface area contributed by atoms with Crippen molar-refractivity contribution in [3.63, 3.8) is 0 Å². The predicted molar refractivity (Wildman–Crippen MR) is 79.3 cm³/mol. The zero-order chi connectivity index (χ0) is 14.2. The van der Waals surface area contributed by atoms with Gasteiger partial charge in [0.1, 0.15) is 5.82 Å². The van der Waals surface area contributed by atoms with Crippen LogP contribution < -0.4 is 0 Å². The van der Waals surface area contributed by atoms with Gasteiger partial charge in [0.15, 0.2) is 0 Å². The second-order valence-corrected chi connectivity index (χ2v) is 6.20. The molecule has 1 atom stereocenters. The van der Waals surface area contributed by atoms with Crippen LogP contribution in [0.1, 0.15) is 49.0 Å². The van der Waals surface area contributed by atoms with Crippen molar-refractivity contribution in [1.29, 1.82) is 0 Å². The fourth-order valence-electron chi connectivity index (χ4n) is 3.42. The van der Waals surface area contributed by atoms with Crippen LogP contribution in [0.25, 0.3) is 0 Å². The maximum atomic E-state index is 13.1. The van der Waals surface area contributed by atoms with Crippen LogP contribution in [0, 0.1) is 5.82 Å². The Morgan fingerprint density at radius 1 is 1.14 bits per heavy atom. The number of rotatable bonds is 4. The summed E-state index contributed by atoms with van der Waals surface area (Å²) in [6.45, 7) is 2.05. The van der Waals surface area contributed by atoms with Gasteiger partial charge in [-0.25, -0.2) is 9.37 Å². The molecular formula is C17H20FN3. The second kappa shape index (κ2) is 5.26. The first-order valence-corrected chi connectivity index (χ1v) is 7.81. The largest absolute Gasteiger partial charge is 0.330 e. The summed E-state index contributed by atoms with van der Waals surface area (Å²) >= 11 is 0. The lowest BCUT2D eigenvalue weighted by molar-refractivity contribution is 0.242. The zero-order valence-electron chi connectivity index (χ0n) is 12.1. The molecule has 0 spiro atoms. The van der Waals surface area contributed by atoms with E-state index in [1.807, 2.05) is 24.7 Å². The summed E-state index contributed by atoms with van der Waals surface area (Å²) in [6, 6.07) is 8.08. The molecule has 2 heterocycles. The van der Waals surface area contributed by atoms with Crippen LogP contribution in [0.4, 0.5) is 4.39 Å². The number of aromatic nitrogens is 2. The summed E-state index contributed by atoms with van der Waals surface area (Å²) in [6.07, 6.45) is 8.90. The fourth-order valence-corrected chi connectivity index (χ4v) is 3.42. The van der Waals surface area contributed by atoms with Crippen LogP contribution in [0.5, 0.6) is 0 Å². The Morgan fingerprint density at radius 2 is 1.95 bits per heavy atom. The summed E-state index contributed by atoms with van der Waals surface area (Å²) in [4.78, 5) is 6.82. The van der Waals surface area contributed by atoms with E-state index in [9.17, 15) is 4.39 Å². The molecule has 4 heteroatoms. The van der Waals surface area contributed by atoms with E-state index in [-0.39, 0.29) is 5.82 Å². The van der Waals surface area contributed by atoms with Crippen molar-refractivity contribution < 1.29 is 4.39 Å². The number of imidazole rings is 1. The lowest BCUT2D eigenvalue weighted by Crippen LogP contribution is -2.24. The number of hydrogen-bond donors (Lipinski definition) is 0. The first-order chi connectivity index (χ1) is 10.3. The highest BCUT2D eigenvalue weighted by Gasteiger charge is 2.29. The van der Waals surface area contributed by atoms with Crippen LogP contribution >= 0.6 is 0 Å². The number of halogens is 1. The van der Waals surface area contributed by atoms with Crippen LogP contribution in [0.2, 0.25) is 0 Å². The molecule has 0 amide bonds. The molecule has 2 aliphatic rings. The molecular weight excluding hydrogens is 265 g/mol.